The first-order valence-electron chi connectivity index (χ1n) is 9.65. The number of aromatic nitrogens is 4. The van der Waals surface area contributed by atoms with Crippen LogP contribution in [0.25, 0.3) is 5.69 Å². The summed E-state index contributed by atoms with van der Waals surface area (Å²) < 4.78 is 20.8. The van der Waals surface area contributed by atoms with Gasteiger partial charge in [-0.3, -0.25) is 0 Å². The second kappa shape index (κ2) is 8.68. The van der Waals surface area contributed by atoms with Crippen molar-refractivity contribution in [3.63, 3.8) is 0 Å². The maximum atomic E-state index is 13.6. The van der Waals surface area contributed by atoms with E-state index in [9.17, 15) is 4.39 Å². The van der Waals surface area contributed by atoms with Crippen molar-refractivity contribution < 1.29 is 8.91 Å². The summed E-state index contributed by atoms with van der Waals surface area (Å²) >= 11 is 0. The van der Waals surface area contributed by atoms with Crippen molar-refractivity contribution >= 4 is 5.69 Å². The monoisotopic (exact) mass is 391 g/mol. The van der Waals surface area contributed by atoms with Crippen molar-refractivity contribution in [2.45, 2.75) is 32.7 Å². The van der Waals surface area contributed by atoms with E-state index in [1.54, 1.807) is 16.9 Å². The van der Waals surface area contributed by atoms with Gasteiger partial charge in [0, 0.05) is 6.42 Å². The van der Waals surface area contributed by atoms with Gasteiger partial charge in [0.05, 0.1) is 29.8 Å². The zero-order valence-corrected chi connectivity index (χ0v) is 16.2. The van der Waals surface area contributed by atoms with Crippen LogP contribution in [0.15, 0.2) is 65.3 Å². The maximum absolute atomic E-state index is 13.6. The third-order valence-corrected chi connectivity index (χ3v) is 4.55. The molecule has 0 radical (unpaired) electrons. The Bertz CT molecular complexity index is 1070. The second-order valence-electron chi connectivity index (χ2n) is 6.77. The lowest BCUT2D eigenvalue weighted by atomic mass is 10.1. The summed E-state index contributed by atoms with van der Waals surface area (Å²) in [7, 11) is 0. The van der Waals surface area contributed by atoms with Gasteiger partial charge in [0.1, 0.15) is 5.82 Å². The van der Waals surface area contributed by atoms with Crippen molar-refractivity contribution in [3.8, 4) is 5.69 Å². The third-order valence-electron chi connectivity index (χ3n) is 4.55. The van der Waals surface area contributed by atoms with Crippen molar-refractivity contribution in [2.75, 3.05) is 5.32 Å². The Balaban J connectivity index is 1.47. The van der Waals surface area contributed by atoms with Gasteiger partial charge >= 0.3 is 0 Å². The molecular formula is C22H22FN5O. The number of nitrogens with zero attached hydrogens (tertiary/aromatic N) is 4. The van der Waals surface area contributed by atoms with Crippen molar-refractivity contribution in [1.82, 2.24) is 19.9 Å². The van der Waals surface area contributed by atoms with Crippen LogP contribution in [0.5, 0.6) is 0 Å². The molecule has 7 heteroatoms. The van der Waals surface area contributed by atoms with Crippen molar-refractivity contribution in [2.24, 2.45) is 0 Å². The van der Waals surface area contributed by atoms with Crippen LogP contribution >= 0.6 is 0 Å². The van der Waals surface area contributed by atoms with E-state index >= 15 is 0 Å². The van der Waals surface area contributed by atoms with E-state index in [0.717, 1.165) is 29.8 Å². The Morgan fingerprint density at radius 3 is 2.76 bits per heavy atom. The van der Waals surface area contributed by atoms with Crippen LogP contribution in [-0.2, 0) is 19.4 Å². The quantitative estimate of drug-likeness (QED) is 0.477. The number of nitrogens with one attached hydrogen (secondary N) is 1. The number of rotatable bonds is 8. The van der Waals surface area contributed by atoms with Crippen LogP contribution in [0.3, 0.4) is 0 Å². The van der Waals surface area contributed by atoms with Gasteiger partial charge in [-0.15, -0.1) is 0 Å². The van der Waals surface area contributed by atoms with E-state index in [1.807, 2.05) is 36.4 Å². The minimum atomic E-state index is -0.285. The molecule has 4 aromatic rings. The molecule has 1 N–H and O–H groups in total. The van der Waals surface area contributed by atoms with E-state index in [-0.39, 0.29) is 5.82 Å². The molecule has 0 aliphatic rings. The smallest absolute Gasteiger partial charge is 0.245 e. The molecule has 4 rings (SSSR count). The highest BCUT2D eigenvalue weighted by atomic mass is 19.1. The normalized spacial score (nSPS) is 11.0. The molecule has 6 nitrogen and oxygen atoms in total. The Labute approximate surface area is 168 Å². The lowest BCUT2D eigenvalue weighted by molar-refractivity contribution is 0.378. The van der Waals surface area contributed by atoms with Gasteiger partial charge in [0.15, 0.2) is 5.82 Å². The van der Waals surface area contributed by atoms with Gasteiger partial charge in [0.2, 0.25) is 5.89 Å². The summed E-state index contributed by atoms with van der Waals surface area (Å²) in [5.74, 6) is 0.876. The largest absolute Gasteiger partial charge is 0.373 e. The highest BCUT2D eigenvalue weighted by Gasteiger charge is 2.14. The number of hydrogen-bond donors (Lipinski definition) is 1. The lowest BCUT2D eigenvalue weighted by Crippen LogP contribution is -2.06. The van der Waals surface area contributed by atoms with E-state index < -0.39 is 0 Å². The summed E-state index contributed by atoms with van der Waals surface area (Å²) in [6.07, 6.45) is 4.12. The van der Waals surface area contributed by atoms with Gasteiger partial charge in [-0.1, -0.05) is 54.9 Å². The first kappa shape index (κ1) is 18.9. The Morgan fingerprint density at radius 1 is 1.10 bits per heavy atom. The summed E-state index contributed by atoms with van der Waals surface area (Å²) in [5.41, 5.74) is 3.69. The SMILES string of the molecule is CCCc1c(NCc2nc(Cc3ccccc3)no2)cnn1-c1cccc(F)c1. The molecule has 0 fully saturated rings. The standard InChI is InChI=1S/C22H22FN5O/c1-2-7-20-19(14-25-28(20)18-11-6-10-17(23)13-18)24-15-22-26-21(27-29-22)12-16-8-4-3-5-9-16/h3-6,8-11,13-14,24H,2,7,12,15H2,1H3. The minimum Gasteiger partial charge on any atom is -0.373 e. The molecule has 148 valence electrons. The molecule has 0 bridgehead atoms. The summed E-state index contributed by atoms with van der Waals surface area (Å²) in [4.78, 5) is 4.46. The number of hydrogen-bond acceptors (Lipinski definition) is 5. The van der Waals surface area contributed by atoms with Gasteiger partial charge in [-0.05, 0) is 30.2 Å². The van der Waals surface area contributed by atoms with Crippen molar-refractivity contribution in [1.29, 1.82) is 0 Å². The molecule has 0 atom stereocenters. The Morgan fingerprint density at radius 2 is 1.97 bits per heavy atom. The molecule has 0 unspecified atom stereocenters. The predicted molar refractivity (Wildman–Crippen MR) is 108 cm³/mol. The summed E-state index contributed by atoms with van der Waals surface area (Å²) in [6.45, 7) is 2.49. The van der Waals surface area contributed by atoms with E-state index in [1.165, 1.54) is 12.1 Å². The molecular weight excluding hydrogens is 369 g/mol. The van der Waals surface area contributed by atoms with E-state index in [2.05, 4.69) is 27.5 Å². The number of benzene rings is 2. The second-order valence-corrected chi connectivity index (χ2v) is 6.77. The highest BCUT2D eigenvalue weighted by Crippen LogP contribution is 2.22. The molecule has 0 saturated carbocycles. The Kier molecular flexibility index (Phi) is 5.65. The molecule has 2 aromatic heterocycles. The topological polar surface area (TPSA) is 68.8 Å². The van der Waals surface area contributed by atoms with Gasteiger partial charge < -0.3 is 9.84 Å². The zero-order valence-electron chi connectivity index (χ0n) is 16.2. The van der Waals surface area contributed by atoms with Crippen LogP contribution < -0.4 is 5.32 Å². The number of halogens is 1. The number of anilines is 1. The molecule has 0 aliphatic carbocycles. The Hall–Kier alpha value is -3.48. The van der Waals surface area contributed by atoms with Gasteiger partial charge in [-0.25, -0.2) is 9.07 Å². The average molecular weight is 391 g/mol. The van der Waals surface area contributed by atoms with Crippen molar-refractivity contribution in [3.05, 3.63) is 89.6 Å². The minimum absolute atomic E-state index is 0.285. The summed E-state index contributed by atoms with van der Waals surface area (Å²) in [5, 5.41) is 11.8. The first-order chi connectivity index (χ1) is 14.2. The van der Waals surface area contributed by atoms with E-state index in [4.69, 9.17) is 4.52 Å². The highest BCUT2D eigenvalue weighted by molar-refractivity contribution is 5.50. The molecule has 0 amide bonds. The third kappa shape index (κ3) is 4.51. The van der Waals surface area contributed by atoms with Crippen LogP contribution in [0.4, 0.5) is 10.1 Å². The molecule has 29 heavy (non-hydrogen) atoms. The fourth-order valence-corrected chi connectivity index (χ4v) is 3.21. The first-order valence-corrected chi connectivity index (χ1v) is 9.65. The fourth-order valence-electron chi connectivity index (χ4n) is 3.21. The average Bonchev–Trinajstić information content (AvgIpc) is 3.34. The van der Waals surface area contributed by atoms with Gasteiger partial charge in [-0.2, -0.15) is 10.1 Å². The van der Waals surface area contributed by atoms with Gasteiger partial charge in [0.25, 0.3) is 0 Å². The molecule has 2 aromatic carbocycles. The molecule has 0 spiro atoms. The van der Waals surface area contributed by atoms with Crippen LogP contribution in [0.2, 0.25) is 0 Å². The molecule has 0 aliphatic heterocycles. The van der Waals surface area contributed by atoms with E-state index in [0.29, 0.717) is 30.4 Å². The van der Waals surface area contributed by atoms with Crippen LogP contribution in [-0.4, -0.2) is 19.9 Å². The van der Waals surface area contributed by atoms with Crippen LogP contribution in [0.1, 0.15) is 36.3 Å². The zero-order chi connectivity index (χ0) is 20.1. The molecule has 0 saturated heterocycles. The predicted octanol–water partition coefficient (Wildman–Crippen LogP) is 4.55. The maximum Gasteiger partial charge on any atom is 0.245 e. The lowest BCUT2D eigenvalue weighted by Gasteiger charge is -2.09. The molecule has 2 heterocycles. The fraction of sp³-hybridized carbons (Fsp3) is 0.227. The summed E-state index contributed by atoms with van der Waals surface area (Å²) in [6, 6.07) is 16.4. The van der Waals surface area contributed by atoms with Crippen LogP contribution in [0, 0.1) is 5.82 Å².